The highest BCUT2D eigenvalue weighted by Crippen LogP contribution is 2.24. The fourth-order valence-electron chi connectivity index (χ4n) is 2.27. The summed E-state index contributed by atoms with van der Waals surface area (Å²) < 4.78 is 3.13. The van der Waals surface area contributed by atoms with Gasteiger partial charge in [-0.2, -0.15) is 9.61 Å². The third-order valence-electron chi connectivity index (χ3n) is 3.42. The molecule has 4 rings (SSSR count). The third kappa shape index (κ3) is 2.38. The molecule has 7 nitrogen and oxygen atoms in total. The second-order valence-electron chi connectivity index (χ2n) is 4.90. The lowest BCUT2D eigenvalue weighted by molar-refractivity contribution is 0.847. The zero-order valence-corrected chi connectivity index (χ0v) is 13.0. The maximum absolute atomic E-state index is 11.7. The van der Waals surface area contributed by atoms with E-state index in [4.69, 9.17) is 0 Å². The Hall–Kier alpha value is -3.00. The second kappa shape index (κ2) is 5.33. The number of nitrogens with zero attached hydrogens (tertiary/aromatic N) is 5. The molecular formula is C15H12N6OS. The first-order valence-electron chi connectivity index (χ1n) is 6.94. The van der Waals surface area contributed by atoms with E-state index in [9.17, 15) is 4.79 Å². The SMILES string of the molecule is Cc1c(Nc2nn3c(=O)ccnc3s2)cnn1-c1ccccc1. The molecule has 0 aliphatic heterocycles. The molecule has 1 N–H and O–H groups in total. The first-order chi connectivity index (χ1) is 11.2. The molecule has 0 amide bonds. The van der Waals surface area contributed by atoms with E-state index in [0.29, 0.717) is 10.1 Å². The van der Waals surface area contributed by atoms with Crippen LogP contribution in [0.2, 0.25) is 0 Å². The minimum atomic E-state index is -0.198. The Morgan fingerprint density at radius 2 is 2.00 bits per heavy atom. The van der Waals surface area contributed by atoms with Gasteiger partial charge in [0.05, 0.1) is 23.3 Å². The predicted molar refractivity (Wildman–Crippen MR) is 88.7 cm³/mol. The highest BCUT2D eigenvalue weighted by Gasteiger charge is 2.11. The lowest BCUT2D eigenvalue weighted by atomic mass is 10.3. The molecule has 0 saturated heterocycles. The fraction of sp³-hybridized carbons (Fsp3) is 0.0667. The minimum Gasteiger partial charge on any atom is -0.327 e. The van der Waals surface area contributed by atoms with Gasteiger partial charge in [0.2, 0.25) is 10.1 Å². The zero-order valence-electron chi connectivity index (χ0n) is 12.2. The maximum atomic E-state index is 11.7. The number of rotatable bonds is 3. The summed E-state index contributed by atoms with van der Waals surface area (Å²) in [6, 6.07) is 11.3. The summed E-state index contributed by atoms with van der Waals surface area (Å²) in [4.78, 5) is 16.4. The van der Waals surface area contributed by atoms with Crippen molar-refractivity contribution in [2.45, 2.75) is 6.92 Å². The van der Waals surface area contributed by atoms with Gasteiger partial charge in [-0.3, -0.25) is 4.79 Å². The number of fused-ring (bicyclic) bond motifs is 1. The van der Waals surface area contributed by atoms with Crippen LogP contribution in [0.25, 0.3) is 10.6 Å². The maximum Gasteiger partial charge on any atom is 0.275 e. The number of hydrogen-bond donors (Lipinski definition) is 1. The van der Waals surface area contributed by atoms with E-state index in [1.807, 2.05) is 41.9 Å². The van der Waals surface area contributed by atoms with Gasteiger partial charge < -0.3 is 5.32 Å². The minimum absolute atomic E-state index is 0.198. The van der Waals surface area contributed by atoms with E-state index < -0.39 is 0 Å². The Bertz CT molecular complexity index is 1030. The average Bonchev–Trinajstić information content (AvgIpc) is 3.14. The first-order valence-corrected chi connectivity index (χ1v) is 7.76. The molecular weight excluding hydrogens is 312 g/mol. The number of nitrogens with one attached hydrogen (secondary N) is 1. The molecule has 0 aliphatic rings. The summed E-state index contributed by atoms with van der Waals surface area (Å²) in [5.41, 5.74) is 2.58. The lowest BCUT2D eigenvalue weighted by Gasteiger charge is -2.05. The Balaban J connectivity index is 1.70. The summed E-state index contributed by atoms with van der Waals surface area (Å²) in [6.07, 6.45) is 3.23. The van der Waals surface area contributed by atoms with Crippen molar-refractivity contribution in [3.8, 4) is 5.69 Å². The molecule has 0 saturated carbocycles. The van der Waals surface area contributed by atoms with Crippen molar-refractivity contribution in [1.29, 1.82) is 0 Å². The van der Waals surface area contributed by atoms with Gasteiger partial charge in [-0.15, -0.1) is 5.10 Å². The molecule has 1 aromatic carbocycles. The van der Waals surface area contributed by atoms with Gasteiger partial charge in [0.25, 0.3) is 5.56 Å². The number of aromatic nitrogens is 5. The molecule has 3 heterocycles. The van der Waals surface area contributed by atoms with Gasteiger partial charge >= 0.3 is 0 Å². The normalized spacial score (nSPS) is 11.0. The lowest BCUT2D eigenvalue weighted by Crippen LogP contribution is -2.12. The molecule has 0 unspecified atom stereocenters. The third-order valence-corrected chi connectivity index (χ3v) is 4.26. The predicted octanol–water partition coefficient (Wildman–Crippen LogP) is 2.39. The molecule has 0 fully saturated rings. The van der Waals surface area contributed by atoms with E-state index >= 15 is 0 Å². The molecule has 0 aliphatic carbocycles. The van der Waals surface area contributed by atoms with Crippen LogP contribution in [0, 0.1) is 6.92 Å². The summed E-state index contributed by atoms with van der Waals surface area (Å²) in [7, 11) is 0. The molecule has 0 spiro atoms. The fourth-order valence-corrected chi connectivity index (χ4v) is 3.06. The molecule has 8 heteroatoms. The highest BCUT2D eigenvalue weighted by molar-refractivity contribution is 7.20. The van der Waals surface area contributed by atoms with Crippen molar-refractivity contribution in [2.75, 3.05) is 5.32 Å². The quantitative estimate of drug-likeness (QED) is 0.626. The Morgan fingerprint density at radius 3 is 2.78 bits per heavy atom. The summed E-state index contributed by atoms with van der Waals surface area (Å²) in [5.74, 6) is 0. The van der Waals surface area contributed by atoms with Gasteiger partial charge in [0, 0.05) is 12.3 Å². The van der Waals surface area contributed by atoms with Gasteiger partial charge in [0.1, 0.15) is 0 Å². The van der Waals surface area contributed by atoms with Gasteiger partial charge in [0.15, 0.2) is 0 Å². The van der Waals surface area contributed by atoms with Gasteiger partial charge in [-0.25, -0.2) is 9.67 Å². The number of benzene rings is 1. The van der Waals surface area contributed by atoms with Crippen LogP contribution in [0.3, 0.4) is 0 Å². The van der Waals surface area contributed by atoms with Crippen molar-refractivity contribution in [1.82, 2.24) is 24.4 Å². The van der Waals surface area contributed by atoms with Crippen molar-refractivity contribution in [3.63, 3.8) is 0 Å². The van der Waals surface area contributed by atoms with E-state index in [-0.39, 0.29) is 5.56 Å². The van der Waals surface area contributed by atoms with Crippen LogP contribution < -0.4 is 10.9 Å². The van der Waals surface area contributed by atoms with Gasteiger partial charge in [-0.1, -0.05) is 29.5 Å². The van der Waals surface area contributed by atoms with E-state index in [1.165, 1.54) is 28.1 Å². The van der Waals surface area contributed by atoms with Crippen LogP contribution in [-0.4, -0.2) is 24.4 Å². The topological polar surface area (TPSA) is 77.1 Å². The Labute approximate surface area is 134 Å². The van der Waals surface area contributed by atoms with E-state index in [1.54, 1.807) is 6.20 Å². The molecule has 114 valence electrons. The van der Waals surface area contributed by atoms with Crippen LogP contribution in [-0.2, 0) is 0 Å². The number of para-hydroxylation sites is 1. The molecule has 4 aromatic rings. The molecule has 3 aromatic heterocycles. The summed E-state index contributed by atoms with van der Waals surface area (Å²) in [6.45, 7) is 1.97. The van der Waals surface area contributed by atoms with Crippen molar-refractivity contribution < 1.29 is 0 Å². The average molecular weight is 324 g/mol. The van der Waals surface area contributed by atoms with Crippen LogP contribution in [0.1, 0.15) is 5.69 Å². The van der Waals surface area contributed by atoms with Gasteiger partial charge in [-0.05, 0) is 19.1 Å². The first kappa shape index (κ1) is 13.6. The molecule has 0 radical (unpaired) electrons. The van der Waals surface area contributed by atoms with Crippen molar-refractivity contribution in [2.24, 2.45) is 0 Å². The Morgan fingerprint density at radius 1 is 1.17 bits per heavy atom. The smallest absolute Gasteiger partial charge is 0.275 e. The highest BCUT2D eigenvalue weighted by atomic mass is 32.1. The molecule has 23 heavy (non-hydrogen) atoms. The van der Waals surface area contributed by atoms with Crippen molar-refractivity contribution >= 4 is 27.1 Å². The molecule has 0 bridgehead atoms. The monoisotopic (exact) mass is 324 g/mol. The molecule has 0 atom stereocenters. The van der Waals surface area contributed by atoms with E-state index in [2.05, 4.69) is 20.5 Å². The standard InChI is InChI=1S/C15H12N6OS/c1-10-12(9-17-20(10)11-5-3-2-4-6-11)18-14-19-21-13(22)7-8-16-15(21)23-14/h2-9H,1H3,(H,18,19). The number of anilines is 2. The van der Waals surface area contributed by atoms with E-state index in [0.717, 1.165) is 17.1 Å². The van der Waals surface area contributed by atoms with Crippen LogP contribution in [0.4, 0.5) is 10.8 Å². The summed E-state index contributed by atoms with van der Waals surface area (Å²) in [5, 5.41) is 12.4. The van der Waals surface area contributed by atoms with Crippen LogP contribution >= 0.6 is 11.3 Å². The largest absolute Gasteiger partial charge is 0.327 e. The second-order valence-corrected chi connectivity index (χ2v) is 5.86. The van der Waals surface area contributed by atoms with Crippen LogP contribution in [0.15, 0.2) is 53.6 Å². The Kier molecular flexibility index (Phi) is 3.16. The van der Waals surface area contributed by atoms with Crippen molar-refractivity contribution in [3.05, 3.63) is 64.8 Å². The van der Waals surface area contributed by atoms with Crippen LogP contribution in [0.5, 0.6) is 0 Å². The number of hydrogen-bond acceptors (Lipinski definition) is 6. The zero-order chi connectivity index (χ0) is 15.8. The summed E-state index contributed by atoms with van der Waals surface area (Å²) >= 11 is 1.31.